The lowest BCUT2D eigenvalue weighted by molar-refractivity contribution is 0.00578. The minimum atomic E-state index is -0.451. The number of hydrogen-bond donors (Lipinski definition) is 3. The number of thiol groups is 1. The van der Waals surface area contributed by atoms with Gasteiger partial charge in [-0.3, -0.25) is 4.98 Å². The van der Waals surface area contributed by atoms with Gasteiger partial charge in [-0.15, -0.1) is 0 Å². The van der Waals surface area contributed by atoms with Crippen LogP contribution in [0.25, 0.3) is 6.08 Å². The second-order valence-electron chi connectivity index (χ2n) is 6.20. The molecule has 2 heterocycles. The van der Waals surface area contributed by atoms with E-state index in [4.69, 9.17) is 20.8 Å². The summed E-state index contributed by atoms with van der Waals surface area (Å²) >= 11 is 4.37. The summed E-state index contributed by atoms with van der Waals surface area (Å²) in [6.07, 6.45) is 5.08. The van der Waals surface area contributed by atoms with Gasteiger partial charge in [-0.1, -0.05) is 6.08 Å². The Hall–Kier alpha value is -1.18. The first-order valence-electron chi connectivity index (χ1n) is 6.84. The van der Waals surface area contributed by atoms with E-state index in [1.54, 1.807) is 6.20 Å². The van der Waals surface area contributed by atoms with E-state index in [-0.39, 0.29) is 11.2 Å². The molecule has 0 unspecified atom stereocenters. The van der Waals surface area contributed by atoms with Gasteiger partial charge in [0.25, 0.3) is 0 Å². The van der Waals surface area contributed by atoms with E-state index >= 15 is 0 Å². The summed E-state index contributed by atoms with van der Waals surface area (Å²) in [7, 11) is -0.451. The molecule has 0 atom stereocenters. The van der Waals surface area contributed by atoms with Crippen LogP contribution in [0.5, 0.6) is 0 Å². The van der Waals surface area contributed by atoms with E-state index in [0.29, 0.717) is 17.1 Å². The summed E-state index contributed by atoms with van der Waals surface area (Å²) in [6, 6.07) is 0. The molecule has 21 heavy (non-hydrogen) atoms. The fourth-order valence-corrected chi connectivity index (χ4v) is 2.24. The molecule has 1 aromatic heterocycles. The fraction of sp³-hybridized carbons (Fsp3) is 0.500. The van der Waals surface area contributed by atoms with Crippen molar-refractivity contribution in [3.8, 4) is 0 Å². The van der Waals surface area contributed by atoms with Crippen molar-refractivity contribution in [3.05, 3.63) is 23.4 Å². The van der Waals surface area contributed by atoms with Crippen LogP contribution in [-0.2, 0) is 9.31 Å². The lowest BCUT2D eigenvalue weighted by Crippen LogP contribution is -2.41. The van der Waals surface area contributed by atoms with E-state index in [1.807, 2.05) is 33.8 Å². The van der Waals surface area contributed by atoms with Gasteiger partial charge in [-0.25, -0.2) is 0 Å². The summed E-state index contributed by atoms with van der Waals surface area (Å²) < 4.78 is 12.1. The summed E-state index contributed by atoms with van der Waals surface area (Å²) in [5.74, 6) is 0.491. The van der Waals surface area contributed by atoms with Crippen LogP contribution in [0.1, 0.15) is 33.3 Å². The van der Waals surface area contributed by atoms with Crippen LogP contribution in [0.3, 0.4) is 0 Å². The van der Waals surface area contributed by atoms with Crippen molar-refractivity contribution in [1.82, 2.24) is 4.98 Å². The van der Waals surface area contributed by atoms with Crippen LogP contribution in [0.4, 0.5) is 11.4 Å². The number of anilines is 2. The SMILES string of the molecule is CC1(C)OB(C(=Cc2cncc(N)c2N)CS)OC1(C)C. The van der Waals surface area contributed by atoms with Gasteiger partial charge in [-0.2, -0.15) is 12.6 Å². The predicted octanol–water partition coefficient (Wildman–Crippen LogP) is 2.19. The standard InChI is InChI=1S/C14H22BN3O2S/c1-13(2)14(3,4)20-15(19-13)10(8-21)5-9-6-18-7-11(16)12(9)17/h5-7,21H,8,16H2,1-4H3,(H2,17,18). The topological polar surface area (TPSA) is 83.4 Å². The Labute approximate surface area is 131 Å². The Kier molecular flexibility index (Phi) is 4.28. The highest BCUT2D eigenvalue weighted by Crippen LogP contribution is 2.39. The number of pyridine rings is 1. The normalized spacial score (nSPS) is 20.8. The lowest BCUT2D eigenvalue weighted by atomic mass is 9.78. The third-order valence-corrected chi connectivity index (χ3v) is 4.49. The molecular weight excluding hydrogens is 285 g/mol. The highest BCUT2D eigenvalue weighted by atomic mass is 32.1. The summed E-state index contributed by atoms with van der Waals surface area (Å²) in [5.41, 5.74) is 13.6. The molecule has 7 heteroatoms. The lowest BCUT2D eigenvalue weighted by Gasteiger charge is -2.32. The third-order valence-electron chi connectivity index (χ3n) is 4.13. The monoisotopic (exact) mass is 307 g/mol. The smallest absolute Gasteiger partial charge is 0.400 e. The minimum absolute atomic E-state index is 0.390. The van der Waals surface area contributed by atoms with Gasteiger partial charge in [0.2, 0.25) is 0 Å². The second-order valence-corrected chi connectivity index (χ2v) is 6.51. The van der Waals surface area contributed by atoms with Crippen molar-refractivity contribution >= 4 is 37.2 Å². The Morgan fingerprint density at radius 3 is 2.33 bits per heavy atom. The molecule has 0 spiro atoms. The van der Waals surface area contributed by atoms with Crippen molar-refractivity contribution in [2.75, 3.05) is 17.2 Å². The van der Waals surface area contributed by atoms with Crippen LogP contribution in [0, 0.1) is 0 Å². The zero-order chi connectivity index (χ0) is 15.8. The van der Waals surface area contributed by atoms with E-state index in [9.17, 15) is 0 Å². The van der Waals surface area contributed by atoms with Gasteiger partial charge in [0, 0.05) is 17.5 Å². The van der Waals surface area contributed by atoms with E-state index in [1.165, 1.54) is 6.20 Å². The van der Waals surface area contributed by atoms with Gasteiger partial charge < -0.3 is 20.8 Å². The Morgan fingerprint density at radius 1 is 1.24 bits per heavy atom. The zero-order valence-electron chi connectivity index (χ0n) is 12.9. The zero-order valence-corrected chi connectivity index (χ0v) is 13.8. The van der Waals surface area contributed by atoms with E-state index in [2.05, 4.69) is 17.6 Å². The Balaban J connectivity index is 2.33. The molecule has 5 nitrogen and oxygen atoms in total. The average molecular weight is 307 g/mol. The van der Waals surface area contributed by atoms with Crippen LogP contribution in [0.2, 0.25) is 0 Å². The Morgan fingerprint density at radius 2 is 1.81 bits per heavy atom. The molecule has 4 N–H and O–H groups in total. The first kappa shape index (κ1) is 16.2. The van der Waals surface area contributed by atoms with Gasteiger partial charge in [0.15, 0.2) is 0 Å². The highest BCUT2D eigenvalue weighted by molar-refractivity contribution is 7.80. The number of nitrogens with zero attached hydrogens (tertiary/aromatic N) is 1. The third kappa shape index (κ3) is 3.05. The molecular formula is C14H22BN3O2S. The van der Waals surface area contributed by atoms with Crippen LogP contribution in [-0.4, -0.2) is 29.1 Å². The summed E-state index contributed by atoms with van der Waals surface area (Å²) in [5, 5.41) is 0. The van der Waals surface area contributed by atoms with Crippen molar-refractivity contribution < 1.29 is 9.31 Å². The number of nitrogen functional groups attached to an aromatic ring is 2. The molecule has 0 radical (unpaired) electrons. The van der Waals surface area contributed by atoms with Crippen molar-refractivity contribution in [1.29, 1.82) is 0 Å². The van der Waals surface area contributed by atoms with Crippen molar-refractivity contribution in [3.63, 3.8) is 0 Å². The number of rotatable bonds is 3. The maximum absolute atomic E-state index is 6.03. The van der Waals surface area contributed by atoms with Gasteiger partial charge in [0.05, 0.1) is 28.8 Å². The maximum atomic E-state index is 6.03. The van der Waals surface area contributed by atoms with Gasteiger partial charge in [-0.05, 0) is 33.2 Å². The Bertz CT molecular complexity index is 559. The molecule has 0 bridgehead atoms. The molecule has 1 aromatic rings. The summed E-state index contributed by atoms with van der Waals surface area (Å²) in [6.45, 7) is 8.05. The van der Waals surface area contributed by atoms with E-state index in [0.717, 1.165) is 11.0 Å². The molecule has 1 saturated heterocycles. The quantitative estimate of drug-likeness (QED) is 0.589. The largest absolute Gasteiger partial charge is 0.491 e. The molecule has 1 aliphatic heterocycles. The molecule has 1 fully saturated rings. The first-order chi connectivity index (χ1) is 9.68. The van der Waals surface area contributed by atoms with Crippen molar-refractivity contribution in [2.24, 2.45) is 0 Å². The van der Waals surface area contributed by atoms with Gasteiger partial charge >= 0.3 is 7.12 Å². The average Bonchev–Trinajstić information content (AvgIpc) is 2.60. The number of aromatic nitrogens is 1. The summed E-state index contributed by atoms with van der Waals surface area (Å²) in [4.78, 5) is 4.06. The van der Waals surface area contributed by atoms with Crippen molar-refractivity contribution in [2.45, 2.75) is 38.9 Å². The van der Waals surface area contributed by atoms with Crippen LogP contribution in [0.15, 0.2) is 17.9 Å². The molecule has 2 rings (SSSR count). The predicted molar refractivity (Wildman–Crippen MR) is 91.0 cm³/mol. The number of hydrogen-bond acceptors (Lipinski definition) is 6. The molecule has 114 valence electrons. The highest BCUT2D eigenvalue weighted by Gasteiger charge is 2.52. The molecule has 0 saturated carbocycles. The second kappa shape index (κ2) is 5.55. The fourth-order valence-electron chi connectivity index (χ4n) is 2.00. The van der Waals surface area contributed by atoms with Crippen LogP contribution >= 0.6 is 12.6 Å². The molecule has 1 aliphatic rings. The molecule has 0 aliphatic carbocycles. The minimum Gasteiger partial charge on any atom is -0.400 e. The van der Waals surface area contributed by atoms with Crippen LogP contribution < -0.4 is 11.5 Å². The first-order valence-corrected chi connectivity index (χ1v) is 7.47. The molecule has 0 aromatic carbocycles. The van der Waals surface area contributed by atoms with E-state index < -0.39 is 7.12 Å². The molecule has 0 amide bonds. The van der Waals surface area contributed by atoms with Gasteiger partial charge in [0.1, 0.15) is 0 Å². The maximum Gasteiger partial charge on any atom is 0.491 e. The number of nitrogens with two attached hydrogens (primary N) is 2.